The molecule has 1 aromatic heterocycles. The highest BCUT2D eigenvalue weighted by atomic mass is 16.2. The number of benzene rings is 1. The van der Waals surface area contributed by atoms with Gasteiger partial charge in [0.15, 0.2) is 0 Å². The van der Waals surface area contributed by atoms with Gasteiger partial charge in [0.05, 0.1) is 11.7 Å². The second kappa shape index (κ2) is 5.55. The van der Waals surface area contributed by atoms with Crippen molar-refractivity contribution in [2.75, 3.05) is 16.8 Å². The van der Waals surface area contributed by atoms with E-state index in [1.54, 1.807) is 21.9 Å². The van der Waals surface area contributed by atoms with Gasteiger partial charge in [0.2, 0.25) is 11.8 Å². The van der Waals surface area contributed by atoms with Crippen molar-refractivity contribution in [1.29, 1.82) is 0 Å². The number of aryl methyl sites for hydroxylation is 1. The van der Waals surface area contributed by atoms with Crippen molar-refractivity contribution in [3.8, 4) is 0 Å². The number of rotatable bonds is 2. The molecule has 4 rings (SSSR count). The number of nitrogens with zero attached hydrogens (tertiary/aromatic N) is 3. The monoisotopic (exact) mass is 364 g/mol. The van der Waals surface area contributed by atoms with E-state index in [1.807, 2.05) is 45.9 Å². The molecule has 0 saturated heterocycles. The Balaban J connectivity index is 2.03. The molecule has 0 aliphatic carbocycles. The summed E-state index contributed by atoms with van der Waals surface area (Å²) in [5.41, 5.74) is 2.18. The molecule has 0 fully saturated rings. The number of carbonyl (C=O) groups is 2. The third-order valence-electron chi connectivity index (χ3n) is 5.37. The lowest BCUT2D eigenvalue weighted by molar-refractivity contribution is -0.126. The van der Waals surface area contributed by atoms with Crippen molar-refractivity contribution in [2.45, 2.75) is 45.1 Å². The van der Waals surface area contributed by atoms with Gasteiger partial charge >= 0.3 is 0 Å². The molecule has 2 aromatic rings. The average Bonchev–Trinajstić information content (AvgIpc) is 3.10. The second-order valence-electron chi connectivity index (χ2n) is 8.34. The van der Waals surface area contributed by atoms with Gasteiger partial charge in [-0.25, -0.2) is 4.68 Å². The molecule has 0 radical (unpaired) electrons. The van der Waals surface area contributed by atoms with Gasteiger partial charge < -0.3 is 10.2 Å². The van der Waals surface area contributed by atoms with Gasteiger partial charge in [-0.1, -0.05) is 23.8 Å². The molecule has 27 heavy (non-hydrogen) atoms. The van der Waals surface area contributed by atoms with Crippen LogP contribution in [0.5, 0.6) is 0 Å². The quantitative estimate of drug-likeness (QED) is 0.833. The molecular weight excluding hydrogens is 340 g/mol. The minimum atomic E-state index is -1.04. The van der Waals surface area contributed by atoms with Crippen LogP contribution in [0.3, 0.4) is 0 Å². The first-order valence-electron chi connectivity index (χ1n) is 9.13. The van der Waals surface area contributed by atoms with E-state index >= 15 is 0 Å². The van der Waals surface area contributed by atoms with Crippen molar-refractivity contribution < 1.29 is 9.59 Å². The predicted molar refractivity (Wildman–Crippen MR) is 105 cm³/mol. The highest BCUT2D eigenvalue weighted by Gasteiger charge is 2.57. The maximum absolute atomic E-state index is 13.7. The summed E-state index contributed by atoms with van der Waals surface area (Å²) in [6, 6.07) is 5.97. The minimum Gasteiger partial charge on any atom is -0.311 e. The van der Waals surface area contributed by atoms with Gasteiger partial charge in [0.1, 0.15) is 11.2 Å². The molecule has 0 saturated carbocycles. The minimum absolute atomic E-state index is 0.0821. The third-order valence-corrected chi connectivity index (χ3v) is 5.37. The zero-order valence-corrected chi connectivity index (χ0v) is 16.2. The molecular formula is C21H24N4O2. The number of fused-ring (bicyclic) bond motifs is 4. The molecule has 2 amide bonds. The van der Waals surface area contributed by atoms with Gasteiger partial charge in [0, 0.05) is 24.2 Å². The van der Waals surface area contributed by atoms with Crippen LogP contribution in [0.25, 0.3) is 0 Å². The van der Waals surface area contributed by atoms with Gasteiger partial charge in [-0.05, 0) is 39.3 Å². The van der Waals surface area contributed by atoms with Gasteiger partial charge in [-0.2, -0.15) is 5.10 Å². The molecule has 2 aliphatic heterocycles. The van der Waals surface area contributed by atoms with Gasteiger partial charge in [-0.3, -0.25) is 9.59 Å². The van der Waals surface area contributed by atoms with Gasteiger partial charge in [-0.15, -0.1) is 6.58 Å². The number of anilines is 2. The zero-order valence-electron chi connectivity index (χ0n) is 16.2. The number of hydrogen-bond acceptors (Lipinski definition) is 3. The fraction of sp³-hybridized carbons (Fsp3) is 0.381. The molecule has 1 atom stereocenters. The van der Waals surface area contributed by atoms with Crippen LogP contribution in [0.2, 0.25) is 0 Å². The molecule has 2 aliphatic rings. The maximum Gasteiger partial charge on any atom is 0.243 e. The summed E-state index contributed by atoms with van der Waals surface area (Å²) >= 11 is 0. The molecule has 1 spiro atoms. The normalized spacial score (nSPS) is 21.3. The van der Waals surface area contributed by atoms with E-state index in [0.717, 1.165) is 22.4 Å². The largest absolute Gasteiger partial charge is 0.311 e. The van der Waals surface area contributed by atoms with Crippen LogP contribution >= 0.6 is 0 Å². The molecule has 6 nitrogen and oxygen atoms in total. The molecule has 140 valence electrons. The Bertz CT molecular complexity index is 983. The highest BCUT2D eigenvalue weighted by molar-refractivity contribution is 6.15. The first-order chi connectivity index (χ1) is 12.7. The SMILES string of the molecule is C=CCN1C(=O)C2(CC(=O)Nc3c2cnn3C(C)(C)C)c2cc(C)ccc21. The summed E-state index contributed by atoms with van der Waals surface area (Å²) < 4.78 is 1.79. The molecule has 1 unspecified atom stereocenters. The Morgan fingerprint density at radius 3 is 2.70 bits per heavy atom. The van der Waals surface area contributed by atoms with Crippen molar-refractivity contribution in [2.24, 2.45) is 0 Å². The van der Waals surface area contributed by atoms with Crippen molar-refractivity contribution in [3.63, 3.8) is 0 Å². The standard InChI is InChI=1S/C21H24N4O2/c1-6-9-24-16-8-7-13(2)10-14(16)21(19(24)27)11-17(26)23-18-15(21)12-22-25(18)20(3,4)5/h6-8,10,12H,1,9,11H2,2-5H3,(H,23,26). The smallest absolute Gasteiger partial charge is 0.243 e. The van der Waals surface area contributed by atoms with E-state index < -0.39 is 5.41 Å². The van der Waals surface area contributed by atoms with Crippen molar-refractivity contribution in [3.05, 3.63) is 53.7 Å². The topological polar surface area (TPSA) is 67.2 Å². The Hall–Kier alpha value is -2.89. The Kier molecular flexibility index (Phi) is 3.60. The summed E-state index contributed by atoms with van der Waals surface area (Å²) in [6.45, 7) is 12.2. The summed E-state index contributed by atoms with van der Waals surface area (Å²) in [5, 5.41) is 7.48. The third kappa shape index (κ3) is 2.29. The number of amides is 2. The van der Waals surface area contributed by atoms with Crippen LogP contribution < -0.4 is 10.2 Å². The van der Waals surface area contributed by atoms with Crippen LogP contribution in [0.15, 0.2) is 37.1 Å². The Labute approximate surface area is 158 Å². The molecule has 3 heterocycles. The Morgan fingerprint density at radius 1 is 1.30 bits per heavy atom. The second-order valence-corrected chi connectivity index (χ2v) is 8.34. The van der Waals surface area contributed by atoms with Crippen molar-refractivity contribution >= 4 is 23.3 Å². The first kappa shape index (κ1) is 17.5. The van der Waals surface area contributed by atoms with E-state index in [2.05, 4.69) is 17.0 Å². The molecule has 0 bridgehead atoms. The van der Waals surface area contributed by atoms with E-state index in [0.29, 0.717) is 12.4 Å². The van der Waals surface area contributed by atoms with Crippen LogP contribution in [-0.4, -0.2) is 28.1 Å². The van der Waals surface area contributed by atoms with Crippen LogP contribution in [0.4, 0.5) is 11.5 Å². The number of hydrogen-bond donors (Lipinski definition) is 1. The summed E-state index contributed by atoms with van der Waals surface area (Å²) in [7, 11) is 0. The predicted octanol–water partition coefficient (Wildman–Crippen LogP) is 3.11. The molecule has 1 N–H and O–H groups in total. The van der Waals surface area contributed by atoms with E-state index in [9.17, 15) is 9.59 Å². The average molecular weight is 364 g/mol. The summed E-state index contributed by atoms with van der Waals surface area (Å²) in [4.78, 5) is 28.1. The van der Waals surface area contributed by atoms with Gasteiger partial charge in [0.25, 0.3) is 0 Å². The zero-order chi connectivity index (χ0) is 19.6. The van der Waals surface area contributed by atoms with Crippen LogP contribution in [0, 0.1) is 6.92 Å². The molecule has 6 heteroatoms. The summed E-state index contributed by atoms with van der Waals surface area (Å²) in [5.74, 6) is 0.349. The lowest BCUT2D eigenvalue weighted by Crippen LogP contribution is -2.47. The lowest BCUT2D eigenvalue weighted by Gasteiger charge is -2.34. The highest BCUT2D eigenvalue weighted by Crippen LogP contribution is 2.52. The van der Waals surface area contributed by atoms with Crippen LogP contribution in [0.1, 0.15) is 43.9 Å². The first-order valence-corrected chi connectivity index (χ1v) is 9.13. The van der Waals surface area contributed by atoms with E-state index in [4.69, 9.17) is 0 Å². The van der Waals surface area contributed by atoms with Crippen LogP contribution in [-0.2, 0) is 20.5 Å². The Morgan fingerprint density at radius 2 is 2.04 bits per heavy atom. The number of carbonyl (C=O) groups excluding carboxylic acids is 2. The number of nitrogens with one attached hydrogen (secondary N) is 1. The van der Waals surface area contributed by atoms with E-state index in [1.165, 1.54) is 0 Å². The molecule has 1 aromatic carbocycles. The number of aromatic nitrogens is 2. The van der Waals surface area contributed by atoms with Crippen molar-refractivity contribution in [1.82, 2.24) is 9.78 Å². The fourth-order valence-electron chi connectivity index (χ4n) is 4.23. The maximum atomic E-state index is 13.7. The summed E-state index contributed by atoms with van der Waals surface area (Å²) in [6.07, 6.45) is 3.53. The lowest BCUT2D eigenvalue weighted by atomic mass is 9.71. The van der Waals surface area contributed by atoms with E-state index in [-0.39, 0.29) is 23.8 Å². The fourth-order valence-corrected chi connectivity index (χ4v) is 4.23.